The summed E-state index contributed by atoms with van der Waals surface area (Å²) in [5.41, 5.74) is 4.85. The molecule has 1 amide bonds. The zero-order valence-electron chi connectivity index (χ0n) is 22.8. The molecule has 2 unspecified atom stereocenters. The Bertz CT molecular complexity index is 1070. The van der Waals surface area contributed by atoms with Crippen molar-refractivity contribution in [3.05, 3.63) is 65.5 Å². The molecule has 0 bridgehead atoms. The lowest BCUT2D eigenvalue weighted by Crippen LogP contribution is -2.58. The van der Waals surface area contributed by atoms with Gasteiger partial charge in [0.25, 0.3) is 0 Å². The topological polar surface area (TPSA) is 58.0 Å². The van der Waals surface area contributed by atoms with Crippen LogP contribution in [0.3, 0.4) is 0 Å². The number of carbonyl (C=O) groups excluding carboxylic acids is 1. The van der Waals surface area contributed by atoms with Crippen molar-refractivity contribution < 1.29 is 13.9 Å². The van der Waals surface area contributed by atoms with Crippen LogP contribution in [0.5, 0.6) is 0 Å². The summed E-state index contributed by atoms with van der Waals surface area (Å²) in [6, 6.07) is 1.70. The van der Waals surface area contributed by atoms with Crippen LogP contribution < -0.4 is 0 Å². The SMILES string of the molecule is C=CN=C1CCC(Cc2cncc(F)c2)C=C(C)/C1=C(/C)N1C[C@@H](C)N(C(=O)OC(C)(C)C)CC1C. The first kappa shape index (κ1) is 27.6. The first-order valence-electron chi connectivity index (χ1n) is 12.8. The Morgan fingerprint density at radius 1 is 1.25 bits per heavy atom. The molecule has 0 saturated carbocycles. The van der Waals surface area contributed by atoms with E-state index in [4.69, 9.17) is 4.74 Å². The Morgan fingerprint density at radius 2 is 1.92 bits per heavy atom. The smallest absolute Gasteiger partial charge is 0.410 e. The van der Waals surface area contributed by atoms with Gasteiger partial charge >= 0.3 is 6.09 Å². The van der Waals surface area contributed by atoms with Crippen LogP contribution in [0.2, 0.25) is 0 Å². The fourth-order valence-corrected chi connectivity index (χ4v) is 5.27. The molecule has 6 nitrogen and oxygen atoms in total. The molecular formula is C29H41FN4O2. The van der Waals surface area contributed by atoms with Crippen molar-refractivity contribution in [3.8, 4) is 0 Å². The zero-order chi connectivity index (χ0) is 26.6. The van der Waals surface area contributed by atoms with Crippen molar-refractivity contribution in [2.75, 3.05) is 13.1 Å². The van der Waals surface area contributed by atoms with E-state index in [2.05, 4.69) is 55.2 Å². The van der Waals surface area contributed by atoms with Crippen LogP contribution in [0.25, 0.3) is 0 Å². The van der Waals surface area contributed by atoms with Gasteiger partial charge in [-0.2, -0.15) is 0 Å². The van der Waals surface area contributed by atoms with Crippen molar-refractivity contribution in [2.24, 2.45) is 10.9 Å². The Kier molecular flexibility index (Phi) is 8.75. The third-order valence-electron chi connectivity index (χ3n) is 6.83. The van der Waals surface area contributed by atoms with Crippen LogP contribution >= 0.6 is 0 Å². The second-order valence-corrected chi connectivity index (χ2v) is 11.1. The summed E-state index contributed by atoms with van der Waals surface area (Å²) in [6.07, 6.45) is 9.07. The highest BCUT2D eigenvalue weighted by molar-refractivity contribution is 6.05. The number of carbonyl (C=O) groups is 1. The van der Waals surface area contributed by atoms with Crippen LogP contribution in [0, 0.1) is 11.7 Å². The summed E-state index contributed by atoms with van der Waals surface area (Å²) in [4.78, 5) is 25.7. The number of piperazine rings is 1. The number of amides is 1. The van der Waals surface area contributed by atoms with E-state index in [-0.39, 0.29) is 29.9 Å². The first-order valence-corrected chi connectivity index (χ1v) is 12.8. The molecule has 1 aliphatic heterocycles. The van der Waals surface area contributed by atoms with Gasteiger partial charge in [0, 0.05) is 54.6 Å². The van der Waals surface area contributed by atoms with Gasteiger partial charge < -0.3 is 14.5 Å². The second-order valence-electron chi connectivity index (χ2n) is 11.1. The minimum atomic E-state index is -0.522. The molecule has 3 atom stereocenters. The number of allylic oxidation sites excluding steroid dienone is 4. The molecule has 3 rings (SSSR count). The van der Waals surface area contributed by atoms with Gasteiger partial charge in [-0.3, -0.25) is 9.98 Å². The van der Waals surface area contributed by atoms with Crippen molar-refractivity contribution >= 4 is 11.8 Å². The quantitative estimate of drug-likeness (QED) is 0.490. The lowest BCUT2D eigenvalue weighted by molar-refractivity contribution is -0.00419. The summed E-state index contributed by atoms with van der Waals surface area (Å²) in [5.74, 6) is -0.0462. The molecule has 0 N–H and O–H groups in total. The van der Waals surface area contributed by atoms with Crippen LogP contribution in [0.1, 0.15) is 66.9 Å². The summed E-state index contributed by atoms with van der Waals surface area (Å²) >= 11 is 0. The molecule has 2 aliphatic rings. The minimum absolute atomic E-state index is 0.00897. The molecule has 0 spiro atoms. The molecule has 0 radical (unpaired) electrons. The molecule has 1 saturated heterocycles. The number of rotatable bonds is 4. The molecule has 36 heavy (non-hydrogen) atoms. The minimum Gasteiger partial charge on any atom is -0.444 e. The van der Waals surface area contributed by atoms with E-state index >= 15 is 0 Å². The Labute approximate surface area is 215 Å². The molecule has 1 aliphatic carbocycles. The predicted octanol–water partition coefficient (Wildman–Crippen LogP) is 6.31. The fourth-order valence-electron chi connectivity index (χ4n) is 5.27. The van der Waals surface area contributed by atoms with Crippen LogP contribution in [-0.2, 0) is 11.2 Å². The lowest BCUT2D eigenvalue weighted by atomic mass is 9.95. The lowest BCUT2D eigenvalue weighted by Gasteiger charge is -2.46. The molecule has 7 heteroatoms. The number of halogens is 1. The highest BCUT2D eigenvalue weighted by Crippen LogP contribution is 2.32. The van der Waals surface area contributed by atoms with Crippen LogP contribution in [-0.4, -0.2) is 57.4 Å². The Hall–Kier alpha value is -2.96. The first-order chi connectivity index (χ1) is 16.9. The molecule has 0 aromatic carbocycles. The van der Waals surface area contributed by atoms with E-state index in [1.807, 2.05) is 25.7 Å². The number of aromatic nitrogens is 1. The van der Waals surface area contributed by atoms with E-state index in [0.717, 1.165) is 47.4 Å². The monoisotopic (exact) mass is 496 g/mol. The van der Waals surface area contributed by atoms with E-state index in [1.165, 1.54) is 6.20 Å². The van der Waals surface area contributed by atoms with Gasteiger partial charge in [-0.15, -0.1) is 0 Å². The second kappa shape index (κ2) is 11.4. The van der Waals surface area contributed by atoms with Gasteiger partial charge in [0.05, 0.1) is 6.20 Å². The van der Waals surface area contributed by atoms with E-state index in [0.29, 0.717) is 13.1 Å². The molecule has 2 heterocycles. The van der Waals surface area contributed by atoms with Gasteiger partial charge in [0.2, 0.25) is 0 Å². The summed E-state index contributed by atoms with van der Waals surface area (Å²) in [5, 5.41) is 0. The molecule has 1 aromatic rings. The largest absolute Gasteiger partial charge is 0.444 e. The summed E-state index contributed by atoms with van der Waals surface area (Å²) in [6.45, 7) is 19.3. The molecule has 1 fully saturated rings. The number of hydrogen-bond donors (Lipinski definition) is 0. The Balaban J connectivity index is 1.88. The Morgan fingerprint density at radius 3 is 2.56 bits per heavy atom. The van der Waals surface area contributed by atoms with E-state index < -0.39 is 5.60 Å². The van der Waals surface area contributed by atoms with Crippen molar-refractivity contribution in [1.29, 1.82) is 0 Å². The maximum absolute atomic E-state index is 13.7. The van der Waals surface area contributed by atoms with Gasteiger partial charge in [0.15, 0.2) is 0 Å². The number of ether oxygens (including phenoxy) is 1. The number of nitrogens with zero attached hydrogens (tertiary/aromatic N) is 4. The summed E-state index contributed by atoms with van der Waals surface area (Å²) < 4.78 is 19.3. The number of hydrogen-bond acceptors (Lipinski definition) is 5. The zero-order valence-corrected chi connectivity index (χ0v) is 22.8. The third kappa shape index (κ3) is 6.83. The van der Waals surface area contributed by atoms with Gasteiger partial charge in [-0.25, -0.2) is 9.18 Å². The normalized spacial score (nSPS) is 25.8. The van der Waals surface area contributed by atoms with Gasteiger partial charge in [-0.1, -0.05) is 12.7 Å². The third-order valence-corrected chi connectivity index (χ3v) is 6.83. The average Bonchev–Trinajstić information content (AvgIpc) is 2.92. The maximum atomic E-state index is 13.7. The molecule has 196 valence electrons. The standard InChI is InChI=1S/C29H41FN4O2/c1-9-32-26-11-10-23(13-24-14-25(30)16-31-15-24)12-19(2)27(26)22(5)33-17-21(4)34(18-20(33)3)28(35)36-29(6,7)8/h9,12,14-16,20-21,23H,1,10-11,13,17-18H2,2-8H3/b27-22+,32-26?/t20?,21-,23?/m1/s1. The van der Waals surface area contributed by atoms with Gasteiger partial charge in [0.1, 0.15) is 11.4 Å². The van der Waals surface area contributed by atoms with E-state index in [1.54, 1.807) is 18.5 Å². The maximum Gasteiger partial charge on any atom is 0.410 e. The predicted molar refractivity (Wildman–Crippen MR) is 143 cm³/mol. The highest BCUT2D eigenvalue weighted by Gasteiger charge is 2.35. The van der Waals surface area contributed by atoms with Crippen molar-refractivity contribution in [1.82, 2.24) is 14.8 Å². The van der Waals surface area contributed by atoms with Crippen LogP contribution in [0.15, 0.2) is 59.2 Å². The number of aliphatic imine (C=N–C) groups is 1. The van der Waals surface area contributed by atoms with Gasteiger partial charge in [-0.05, 0) is 90.8 Å². The molecule has 1 aromatic heterocycles. The fraction of sp³-hybridized carbons (Fsp3) is 0.552. The van der Waals surface area contributed by atoms with E-state index in [9.17, 15) is 9.18 Å². The molecular weight excluding hydrogens is 455 g/mol. The highest BCUT2D eigenvalue weighted by atomic mass is 19.1. The number of pyridine rings is 1. The van der Waals surface area contributed by atoms with Crippen molar-refractivity contribution in [2.45, 2.75) is 85.4 Å². The summed E-state index contributed by atoms with van der Waals surface area (Å²) in [7, 11) is 0. The average molecular weight is 497 g/mol. The van der Waals surface area contributed by atoms with Crippen molar-refractivity contribution in [3.63, 3.8) is 0 Å². The van der Waals surface area contributed by atoms with Crippen LogP contribution in [0.4, 0.5) is 9.18 Å².